The molecule has 2 heterocycles. The van der Waals surface area contributed by atoms with Crippen molar-refractivity contribution >= 4 is 11.8 Å². The lowest BCUT2D eigenvalue weighted by atomic mass is 9.91. The molecular weight excluding hydrogens is 338 g/mol. The summed E-state index contributed by atoms with van der Waals surface area (Å²) in [6.07, 6.45) is 3.62. The predicted octanol–water partition coefficient (Wildman–Crippen LogP) is 2.87. The lowest BCUT2D eigenvalue weighted by Gasteiger charge is -2.37. The SMILES string of the molecule is CC(C)N1CCN(C(=O)CCC2CCN(C(=O)c3ccccc3)CC2)CC1. The molecule has 0 aromatic heterocycles. The van der Waals surface area contributed by atoms with E-state index in [2.05, 4.69) is 18.7 Å². The second kappa shape index (κ2) is 9.36. The number of hydrogen-bond donors (Lipinski definition) is 0. The number of carbonyl (C=O) groups excluding carboxylic acids is 2. The average Bonchev–Trinajstić information content (AvgIpc) is 2.72. The number of benzene rings is 1. The van der Waals surface area contributed by atoms with Crippen molar-refractivity contribution in [2.45, 2.75) is 45.6 Å². The van der Waals surface area contributed by atoms with Crippen LogP contribution in [0.5, 0.6) is 0 Å². The molecular formula is C22H33N3O2. The van der Waals surface area contributed by atoms with Gasteiger partial charge in [-0.05, 0) is 51.2 Å². The first kappa shape index (κ1) is 19.9. The Morgan fingerprint density at radius 2 is 1.56 bits per heavy atom. The molecule has 2 saturated heterocycles. The van der Waals surface area contributed by atoms with E-state index in [9.17, 15) is 9.59 Å². The van der Waals surface area contributed by atoms with E-state index in [0.717, 1.165) is 64.1 Å². The molecule has 2 fully saturated rings. The van der Waals surface area contributed by atoms with Gasteiger partial charge in [0.25, 0.3) is 5.91 Å². The van der Waals surface area contributed by atoms with Crippen molar-refractivity contribution in [3.05, 3.63) is 35.9 Å². The van der Waals surface area contributed by atoms with Crippen LogP contribution in [0.3, 0.4) is 0 Å². The molecule has 0 spiro atoms. The molecule has 5 nitrogen and oxygen atoms in total. The van der Waals surface area contributed by atoms with E-state index < -0.39 is 0 Å². The number of piperidine rings is 1. The Kier molecular flexibility index (Phi) is 6.89. The van der Waals surface area contributed by atoms with Crippen LogP contribution >= 0.6 is 0 Å². The van der Waals surface area contributed by atoms with Gasteiger partial charge >= 0.3 is 0 Å². The second-order valence-corrected chi connectivity index (χ2v) is 8.15. The van der Waals surface area contributed by atoms with Crippen molar-refractivity contribution in [1.82, 2.24) is 14.7 Å². The van der Waals surface area contributed by atoms with Gasteiger partial charge in [0.15, 0.2) is 0 Å². The van der Waals surface area contributed by atoms with E-state index in [1.54, 1.807) is 0 Å². The highest BCUT2D eigenvalue weighted by atomic mass is 16.2. The maximum atomic E-state index is 12.5. The van der Waals surface area contributed by atoms with Crippen LogP contribution in [0, 0.1) is 5.92 Å². The Labute approximate surface area is 163 Å². The Hall–Kier alpha value is -1.88. The zero-order valence-corrected chi connectivity index (χ0v) is 16.8. The molecule has 2 aliphatic heterocycles. The van der Waals surface area contributed by atoms with Crippen LogP contribution in [0.25, 0.3) is 0 Å². The largest absolute Gasteiger partial charge is 0.340 e. The fourth-order valence-electron chi connectivity index (χ4n) is 4.16. The molecule has 0 saturated carbocycles. The van der Waals surface area contributed by atoms with Crippen molar-refractivity contribution in [3.8, 4) is 0 Å². The Morgan fingerprint density at radius 1 is 0.926 bits per heavy atom. The van der Waals surface area contributed by atoms with Crippen LogP contribution in [0.1, 0.15) is 49.9 Å². The Morgan fingerprint density at radius 3 is 2.15 bits per heavy atom. The molecule has 0 bridgehead atoms. The molecule has 0 N–H and O–H groups in total. The number of carbonyl (C=O) groups is 2. The smallest absolute Gasteiger partial charge is 0.253 e. The molecule has 148 valence electrons. The summed E-state index contributed by atoms with van der Waals surface area (Å²) in [5, 5.41) is 0. The third kappa shape index (κ3) is 5.32. The van der Waals surface area contributed by atoms with E-state index in [1.165, 1.54) is 0 Å². The van der Waals surface area contributed by atoms with E-state index in [1.807, 2.05) is 40.1 Å². The van der Waals surface area contributed by atoms with Crippen LogP contribution < -0.4 is 0 Å². The van der Waals surface area contributed by atoms with E-state index in [4.69, 9.17) is 0 Å². The van der Waals surface area contributed by atoms with Gasteiger partial charge in [0.1, 0.15) is 0 Å². The fourth-order valence-corrected chi connectivity index (χ4v) is 4.16. The van der Waals surface area contributed by atoms with Gasteiger partial charge < -0.3 is 9.80 Å². The predicted molar refractivity (Wildman–Crippen MR) is 108 cm³/mol. The third-order valence-electron chi connectivity index (χ3n) is 6.09. The molecule has 1 aromatic carbocycles. The summed E-state index contributed by atoms with van der Waals surface area (Å²) >= 11 is 0. The lowest BCUT2D eigenvalue weighted by Crippen LogP contribution is -2.50. The normalized spacial score (nSPS) is 19.5. The summed E-state index contributed by atoms with van der Waals surface area (Å²) in [7, 11) is 0. The van der Waals surface area contributed by atoms with Crippen molar-refractivity contribution < 1.29 is 9.59 Å². The van der Waals surface area contributed by atoms with Gasteiger partial charge in [0, 0.05) is 57.3 Å². The maximum absolute atomic E-state index is 12.5. The van der Waals surface area contributed by atoms with Crippen molar-refractivity contribution in [2.75, 3.05) is 39.3 Å². The molecule has 3 rings (SSSR count). The van der Waals surface area contributed by atoms with Crippen LogP contribution in [0.2, 0.25) is 0 Å². The van der Waals surface area contributed by atoms with Gasteiger partial charge in [-0.3, -0.25) is 14.5 Å². The Balaban J connectivity index is 1.37. The summed E-state index contributed by atoms with van der Waals surface area (Å²) < 4.78 is 0. The number of hydrogen-bond acceptors (Lipinski definition) is 3. The average molecular weight is 372 g/mol. The van der Waals surface area contributed by atoms with Gasteiger partial charge in [-0.2, -0.15) is 0 Å². The zero-order valence-electron chi connectivity index (χ0n) is 16.8. The van der Waals surface area contributed by atoms with Gasteiger partial charge in [0.2, 0.25) is 5.91 Å². The molecule has 0 aliphatic carbocycles. The van der Waals surface area contributed by atoms with Crippen LogP contribution in [-0.4, -0.2) is 71.8 Å². The van der Waals surface area contributed by atoms with E-state index >= 15 is 0 Å². The highest BCUT2D eigenvalue weighted by Gasteiger charge is 2.26. The first-order chi connectivity index (χ1) is 13.0. The van der Waals surface area contributed by atoms with Crippen LogP contribution in [0.15, 0.2) is 30.3 Å². The second-order valence-electron chi connectivity index (χ2n) is 8.15. The molecule has 0 unspecified atom stereocenters. The fraction of sp³-hybridized carbons (Fsp3) is 0.636. The zero-order chi connectivity index (χ0) is 19.2. The third-order valence-corrected chi connectivity index (χ3v) is 6.09. The van der Waals surface area contributed by atoms with Crippen molar-refractivity contribution in [1.29, 1.82) is 0 Å². The molecule has 5 heteroatoms. The number of amides is 2. The number of nitrogens with zero attached hydrogens (tertiary/aromatic N) is 3. The van der Waals surface area contributed by atoms with Crippen molar-refractivity contribution in [2.24, 2.45) is 5.92 Å². The van der Waals surface area contributed by atoms with Gasteiger partial charge in [-0.1, -0.05) is 18.2 Å². The van der Waals surface area contributed by atoms with Crippen LogP contribution in [0.4, 0.5) is 0 Å². The maximum Gasteiger partial charge on any atom is 0.253 e. The molecule has 0 radical (unpaired) electrons. The van der Waals surface area contributed by atoms with E-state index in [0.29, 0.717) is 24.3 Å². The minimum Gasteiger partial charge on any atom is -0.340 e. The quantitative estimate of drug-likeness (QED) is 0.799. The summed E-state index contributed by atoms with van der Waals surface area (Å²) in [5.41, 5.74) is 0.770. The molecule has 2 aliphatic rings. The number of piperazine rings is 1. The van der Waals surface area contributed by atoms with Crippen molar-refractivity contribution in [3.63, 3.8) is 0 Å². The van der Waals surface area contributed by atoms with Gasteiger partial charge in [-0.15, -0.1) is 0 Å². The standard InChI is InChI=1S/C22H33N3O2/c1-18(2)23-14-16-24(17-15-23)21(26)9-8-19-10-12-25(13-11-19)22(27)20-6-4-3-5-7-20/h3-7,18-19H,8-17H2,1-2H3. The summed E-state index contributed by atoms with van der Waals surface area (Å²) in [6, 6.07) is 10.1. The number of likely N-dealkylation sites (tertiary alicyclic amines) is 1. The summed E-state index contributed by atoms with van der Waals surface area (Å²) in [4.78, 5) is 31.5. The first-order valence-corrected chi connectivity index (χ1v) is 10.4. The molecule has 27 heavy (non-hydrogen) atoms. The lowest BCUT2D eigenvalue weighted by molar-refractivity contribution is -0.133. The highest BCUT2D eigenvalue weighted by Crippen LogP contribution is 2.23. The molecule has 0 atom stereocenters. The highest BCUT2D eigenvalue weighted by molar-refractivity contribution is 5.94. The molecule has 2 amide bonds. The topological polar surface area (TPSA) is 43.9 Å². The number of rotatable bonds is 5. The summed E-state index contributed by atoms with van der Waals surface area (Å²) in [5.74, 6) is 1.00. The summed E-state index contributed by atoms with van der Waals surface area (Å²) in [6.45, 7) is 9.74. The minimum absolute atomic E-state index is 0.133. The minimum atomic E-state index is 0.133. The first-order valence-electron chi connectivity index (χ1n) is 10.4. The van der Waals surface area contributed by atoms with E-state index in [-0.39, 0.29) is 5.91 Å². The van der Waals surface area contributed by atoms with Gasteiger partial charge in [0.05, 0.1) is 0 Å². The Bertz CT molecular complexity index is 616. The monoisotopic (exact) mass is 371 g/mol. The van der Waals surface area contributed by atoms with Gasteiger partial charge in [-0.25, -0.2) is 0 Å². The van der Waals surface area contributed by atoms with Crippen LogP contribution in [-0.2, 0) is 4.79 Å². The molecule has 1 aromatic rings.